The molecule has 0 saturated carbocycles. The van der Waals surface area contributed by atoms with Crippen LogP contribution in [0, 0.1) is 0 Å². The number of pyridine rings is 1. The monoisotopic (exact) mass is 403 g/mol. The van der Waals surface area contributed by atoms with Crippen molar-refractivity contribution in [1.29, 1.82) is 0 Å². The zero-order chi connectivity index (χ0) is 21.0. The first-order valence-corrected chi connectivity index (χ1v) is 9.92. The van der Waals surface area contributed by atoms with Crippen LogP contribution in [0.5, 0.6) is 11.5 Å². The van der Waals surface area contributed by atoms with Crippen molar-refractivity contribution in [3.63, 3.8) is 0 Å². The highest BCUT2D eigenvalue weighted by molar-refractivity contribution is 5.94. The van der Waals surface area contributed by atoms with E-state index in [9.17, 15) is 4.79 Å². The molecule has 0 bridgehead atoms. The molecule has 0 aliphatic rings. The van der Waals surface area contributed by atoms with Gasteiger partial charge in [0.25, 0.3) is 5.91 Å². The van der Waals surface area contributed by atoms with Crippen LogP contribution in [-0.4, -0.2) is 30.3 Å². The molecule has 3 aromatic rings. The van der Waals surface area contributed by atoms with Crippen molar-refractivity contribution in [2.45, 2.75) is 19.8 Å². The molecule has 0 unspecified atom stereocenters. The number of benzene rings is 2. The predicted octanol–water partition coefficient (Wildman–Crippen LogP) is 4.26. The lowest BCUT2D eigenvalue weighted by molar-refractivity contribution is 0.0955. The van der Waals surface area contributed by atoms with Crippen LogP contribution in [0.3, 0.4) is 0 Å². The Labute approximate surface area is 176 Å². The van der Waals surface area contributed by atoms with Gasteiger partial charge in [0.2, 0.25) is 0 Å². The van der Waals surface area contributed by atoms with Gasteiger partial charge >= 0.3 is 0 Å². The third-order valence-electron chi connectivity index (χ3n) is 4.34. The van der Waals surface area contributed by atoms with Crippen molar-refractivity contribution in [3.8, 4) is 11.5 Å². The summed E-state index contributed by atoms with van der Waals surface area (Å²) in [7, 11) is 0. The second-order valence-electron chi connectivity index (χ2n) is 6.56. The Morgan fingerprint density at radius 2 is 1.73 bits per heavy atom. The van der Waals surface area contributed by atoms with E-state index in [2.05, 4.69) is 34.6 Å². The zero-order valence-electron chi connectivity index (χ0n) is 17.0. The molecule has 0 fully saturated rings. The van der Waals surface area contributed by atoms with Gasteiger partial charge in [0.05, 0.1) is 19.4 Å². The number of nitrogens with zero attached hydrogens (tertiary/aromatic N) is 2. The van der Waals surface area contributed by atoms with E-state index in [4.69, 9.17) is 9.47 Å². The maximum atomic E-state index is 12.0. The Morgan fingerprint density at radius 3 is 2.47 bits per heavy atom. The fourth-order valence-electron chi connectivity index (χ4n) is 2.68. The molecule has 1 aromatic heterocycles. The highest BCUT2D eigenvalue weighted by Gasteiger charge is 2.02. The first-order valence-electron chi connectivity index (χ1n) is 9.92. The fourth-order valence-corrected chi connectivity index (χ4v) is 2.68. The van der Waals surface area contributed by atoms with Gasteiger partial charge in [-0.1, -0.05) is 31.2 Å². The van der Waals surface area contributed by atoms with Crippen LogP contribution in [0.2, 0.25) is 0 Å². The van der Waals surface area contributed by atoms with Crippen molar-refractivity contribution in [1.82, 2.24) is 10.4 Å². The van der Waals surface area contributed by atoms with Gasteiger partial charge < -0.3 is 9.47 Å². The minimum absolute atomic E-state index is 0.287. The number of rotatable bonds is 10. The highest BCUT2D eigenvalue weighted by atomic mass is 16.5. The van der Waals surface area contributed by atoms with Crippen molar-refractivity contribution in [2.24, 2.45) is 5.10 Å². The molecule has 6 heteroatoms. The van der Waals surface area contributed by atoms with E-state index < -0.39 is 0 Å². The summed E-state index contributed by atoms with van der Waals surface area (Å²) in [4.78, 5) is 15.8. The van der Waals surface area contributed by atoms with Crippen LogP contribution >= 0.6 is 0 Å². The van der Waals surface area contributed by atoms with Crippen LogP contribution in [0.15, 0.2) is 78.2 Å². The Kier molecular flexibility index (Phi) is 7.97. The number of carbonyl (C=O) groups is 1. The smallest absolute Gasteiger partial charge is 0.271 e. The number of hydrazone groups is 1. The molecule has 30 heavy (non-hydrogen) atoms. The molecule has 1 N–H and O–H groups in total. The summed E-state index contributed by atoms with van der Waals surface area (Å²) < 4.78 is 11.5. The summed E-state index contributed by atoms with van der Waals surface area (Å²) in [5.41, 5.74) is 5.12. The number of carbonyl (C=O) groups excluding carboxylic acids is 1. The lowest BCUT2D eigenvalue weighted by Gasteiger charge is -2.09. The van der Waals surface area contributed by atoms with E-state index in [0.717, 1.165) is 29.9 Å². The van der Waals surface area contributed by atoms with Gasteiger partial charge in [-0.25, -0.2) is 5.43 Å². The second-order valence-corrected chi connectivity index (χ2v) is 6.56. The van der Waals surface area contributed by atoms with Crippen molar-refractivity contribution in [2.75, 3.05) is 13.2 Å². The van der Waals surface area contributed by atoms with Crippen molar-refractivity contribution >= 4 is 12.1 Å². The third-order valence-corrected chi connectivity index (χ3v) is 4.34. The van der Waals surface area contributed by atoms with E-state index in [1.165, 1.54) is 5.56 Å². The van der Waals surface area contributed by atoms with E-state index in [0.29, 0.717) is 18.8 Å². The molecule has 0 saturated heterocycles. The topological polar surface area (TPSA) is 72.8 Å². The number of hydrogen-bond donors (Lipinski definition) is 1. The van der Waals surface area contributed by atoms with Crippen LogP contribution in [0.25, 0.3) is 0 Å². The largest absolute Gasteiger partial charge is 0.493 e. The van der Waals surface area contributed by atoms with Gasteiger partial charge in [0.1, 0.15) is 11.5 Å². The Hall–Kier alpha value is -3.67. The Bertz CT molecular complexity index is 957. The average molecular weight is 403 g/mol. The number of aryl methyl sites for hydroxylation is 1. The normalized spacial score (nSPS) is 10.7. The minimum Gasteiger partial charge on any atom is -0.493 e. The summed E-state index contributed by atoms with van der Waals surface area (Å²) in [5, 5.41) is 3.99. The maximum Gasteiger partial charge on any atom is 0.271 e. The van der Waals surface area contributed by atoms with E-state index in [1.807, 2.05) is 36.4 Å². The standard InChI is InChI=1S/C24H25N3O3/c1-2-19-7-9-22(10-8-19)29-15-4-16-30-23-6-3-5-20(17-23)18-26-27-24(28)21-11-13-25-14-12-21/h3,5-14,17-18H,2,4,15-16H2,1H3,(H,27,28). The second kappa shape index (κ2) is 11.4. The summed E-state index contributed by atoms with van der Waals surface area (Å²) in [5.74, 6) is 1.33. The molecular formula is C24H25N3O3. The first-order chi connectivity index (χ1) is 14.7. The zero-order valence-corrected chi connectivity index (χ0v) is 17.0. The maximum absolute atomic E-state index is 12.0. The van der Waals surface area contributed by atoms with E-state index >= 15 is 0 Å². The van der Waals surface area contributed by atoms with Crippen LogP contribution in [0.1, 0.15) is 34.8 Å². The van der Waals surface area contributed by atoms with Crippen LogP contribution in [-0.2, 0) is 6.42 Å². The van der Waals surface area contributed by atoms with E-state index in [1.54, 1.807) is 30.7 Å². The third kappa shape index (κ3) is 6.74. The molecule has 3 rings (SSSR count). The van der Waals surface area contributed by atoms with Crippen molar-refractivity contribution < 1.29 is 14.3 Å². The molecule has 1 amide bonds. The number of hydrogen-bond acceptors (Lipinski definition) is 5. The fraction of sp³-hybridized carbons (Fsp3) is 0.208. The molecule has 0 atom stereocenters. The summed E-state index contributed by atoms with van der Waals surface area (Å²) in [6.07, 6.45) is 6.50. The summed E-state index contributed by atoms with van der Waals surface area (Å²) >= 11 is 0. The molecule has 0 radical (unpaired) electrons. The summed E-state index contributed by atoms with van der Waals surface area (Å²) in [6, 6.07) is 18.9. The van der Waals surface area contributed by atoms with Gasteiger partial charge in [-0.15, -0.1) is 0 Å². The molecule has 0 spiro atoms. The van der Waals surface area contributed by atoms with Crippen molar-refractivity contribution in [3.05, 3.63) is 89.7 Å². The van der Waals surface area contributed by atoms with Crippen LogP contribution < -0.4 is 14.9 Å². The number of amides is 1. The number of nitrogens with one attached hydrogen (secondary N) is 1. The van der Waals surface area contributed by atoms with Gasteiger partial charge in [0.15, 0.2) is 0 Å². The SMILES string of the molecule is CCc1ccc(OCCCOc2cccc(C=NNC(=O)c3ccncc3)c2)cc1. The average Bonchev–Trinajstić information content (AvgIpc) is 2.80. The molecule has 0 aliphatic carbocycles. The van der Waals surface area contributed by atoms with Gasteiger partial charge in [-0.3, -0.25) is 9.78 Å². The molecular weight excluding hydrogens is 378 g/mol. The number of aromatic nitrogens is 1. The molecule has 2 aromatic carbocycles. The van der Waals surface area contributed by atoms with Gasteiger partial charge in [-0.05, 0) is 53.9 Å². The molecule has 154 valence electrons. The Morgan fingerprint density at radius 1 is 1.00 bits per heavy atom. The first kappa shape index (κ1) is 21.0. The van der Waals surface area contributed by atoms with Gasteiger partial charge in [-0.2, -0.15) is 5.10 Å². The van der Waals surface area contributed by atoms with Gasteiger partial charge in [0, 0.05) is 24.4 Å². The molecule has 0 aliphatic heterocycles. The van der Waals surface area contributed by atoms with Crippen LogP contribution in [0.4, 0.5) is 0 Å². The van der Waals surface area contributed by atoms with E-state index in [-0.39, 0.29) is 5.91 Å². The molecule has 1 heterocycles. The highest BCUT2D eigenvalue weighted by Crippen LogP contribution is 2.14. The lowest BCUT2D eigenvalue weighted by Crippen LogP contribution is -2.17. The minimum atomic E-state index is -0.287. The quantitative estimate of drug-likeness (QED) is 0.312. The predicted molar refractivity (Wildman–Crippen MR) is 117 cm³/mol. The lowest BCUT2D eigenvalue weighted by atomic mass is 10.2. The molecule has 6 nitrogen and oxygen atoms in total. The Balaban J connectivity index is 1.39. The summed E-state index contributed by atoms with van der Waals surface area (Å²) in [6.45, 7) is 3.27. The number of ether oxygens (including phenoxy) is 2.